The molecule has 10 heteroatoms. The lowest BCUT2D eigenvalue weighted by molar-refractivity contribution is -0.272. The summed E-state index contributed by atoms with van der Waals surface area (Å²) in [5, 5.41) is 28.1. The van der Waals surface area contributed by atoms with E-state index in [-0.39, 0.29) is 27.6 Å². The van der Waals surface area contributed by atoms with Crippen LogP contribution >= 0.6 is 0 Å². The van der Waals surface area contributed by atoms with Gasteiger partial charge in [0, 0.05) is 23.7 Å². The molecule has 0 bridgehead atoms. The molecule has 1 aliphatic carbocycles. The van der Waals surface area contributed by atoms with Crippen LogP contribution in [0, 0.1) is 5.82 Å². The zero-order valence-electron chi connectivity index (χ0n) is 16.5. The maximum Gasteiger partial charge on any atom is 0.419 e. The third-order valence-electron chi connectivity index (χ3n) is 5.88. The first kappa shape index (κ1) is 21.1. The number of nitrogens with zero attached hydrogens (tertiary/aromatic N) is 2. The van der Waals surface area contributed by atoms with Crippen LogP contribution in [-0.2, 0) is 7.05 Å². The predicted molar refractivity (Wildman–Crippen MR) is 105 cm³/mol. The Morgan fingerprint density at radius 1 is 1.23 bits per heavy atom. The summed E-state index contributed by atoms with van der Waals surface area (Å²) in [5.41, 5.74) is -3.59. The lowest BCUT2D eigenvalue weighted by atomic mass is 9.70. The number of rotatable bonds is 2. The van der Waals surface area contributed by atoms with Crippen LogP contribution in [0.4, 0.5) is 23.2 Å². The van der Waals surface area contributed by atoms with Crippen molar-refractivity contribution in [2.45, 2.75) is 37.1 Å². The average molecular weight is 437 g/mol. The Kier molecular flexibility index (Phi) is 4.73. The fraction of sp³-hybridized carbons (Fsp3) is 0.333. The van der Waals surface area contributed by atoms with Crippen molar-refractivity contribution in [3.8, 4) is 5.75 Å². The first-order chi connectivity index (χ1) is 14.5. The van der Waals surface area contributed by atoms with Crippen molar-refractivity contribution in [2.75, 3.05) is 5.32 Å². The Morgan fingerprint density at radius 3 is 2.61 bits per heavy atom. The van der Waals surface area contributed by atoms with E-state index in [0.29, 0.717) is 0 Å². The minimum atomic E-state index is -5.03. The van der Waals surface area contributed by atoms with Crippen LogP contribution in [0.2, 0.25) is 0 Å². The number of aromatic nitrogens is 2. The van der Waals surface area contributed by atoms with Crippen molar-refractivity contribution in [3.05, 3.63) is 63.8 Å². The van der Waals surface area contributed by atoms with Gasteiger partial charge in [0.15, 0.2) is 17.2 Å². The largest absolute Gasteiger partial charge is 0.505 e. The number of halogens is 4. The highest BCUT2D eigenvalue weighted by Crippen LogP contribution is 2.54. The van der Waals surface area contributed by atoms with Crippen LogP contribution in [0.5, 0.6) is 5.75 Å². The molecule has 3 atom stereocenters. The van der Waals surface area contributed by atoms with E-state index in [9.17, 15) is 32.6 Å². The van der Waals surface area contributed by atoms with Gasteiger partial charge in [0.1, 0.15) is 0 Å². The monoisotopic (exact) mass is 437 g/mol. The summed E-state index contributed by atoms with van der Waals surface area (Å²) in [6, 6.07) is 4.68. The quantitative estimate of drug-likeness (QED) is 0.532. The van der Waals surface area contributed by atoms with Crippen molar-refractivity contribution in [3.63, 3.8) is 0 Å². The van der Waals surface area contributed by atoms with E-state index < -0.39 is 47.3 Å². The maximum atomic E-state index is 14.1. The highest BCUT2D eigenvalue weighted by atomic mass is 19.4. The molecular formula is C21H19F4N3O3. The lowest BCUT2D eigenvalue weighted by Gasteiger charge is -2.45. The van der Waals surface area contributed by atoms with Crippen molar-refractivity contribution < 1.29 is 27.8 Å². The third kappa shape index (κ3) is 3.13. The third-order valence-corrected chi connectivity index (χ3v) is 5.88. The van der Waals surface area contributed by atoms with Gasteiger partial charge in [-0.25, -0.2) is 9.07 Å². The summed E-state index contributed by atoms with van der Waals surface area (Å²) in [4.78, 5) is 12.4. The van der Waals surface area contributed by atoms with Crippen molar-refractivity contribution in [1.82, 2.24) is 9.78 Å². The number of alkyl halides is 3. The van der Waals surface area contributed by atoms with Gasteiger partial charge >= 0.3 is 6.18 Å². The fourth-order valence-electron chi connectivity index (χ4n) is 4.33. The van der Waals surface area contributed by atoms with Gasteiger partial charge in [0.25, 0.3) is 5.56 Å². The zero-order chi connectivity index (χ0) is 22.7. The molecule has 6 nitrogen and oxygen atoms in total. The van der Waals surface area contributed by atoms with E-state index in [1.165, 1.54) is 38.4 Å². The number of hydrogen-bond acceptors (Lipinski definition) is 5. The molecule has 0 radical (unpaired) electrons. The standard InChI is InChI=1S/C21H19F4N3O3/c1-10-8-20(31,21(23,24)25)18(12-6-7-14(22)17(29)16(10)12)27-15-5-3-4-11-13(15)9-26-28(2)19(11)30/h3-7,9-10,18,27,29,31H,8H2,1-2H3/t10-,18?,20-/m1/s1. The number of aliphatic hydroxyl groups is 1. The number of nitrogens with one attached hydrogen (secondary N) is 1. The van der Waals surface area contributed by atoms with Crippen LogP contribution < -0.4 is 10.9 Å². The number of aromatic hydroxyl groups is 1. The van der Waals surface area contributed by atoms with E-state index in [4.69, 9.17) is 0 Å². The van der Waals surface area contributed by atoms with Crippen LogP contribution in [0.15, 0.2) is 41.3 Å². The van der Waals surface area contributed by atoms with Gasteiger partial charge in [-0.15, -0.1) is 0 Å². The highest BCUT2D eigenvalue weighted by molar-refractivity contribution is 5.92. The van der Waals surface area contributed by atoms with Gasteiger partial charge in [0.05, 0.1) is 17.6 Å². The summed E-state index contributed by atoms with van der Waals surface area (Å²) >= 11 is 0. The van der Waals surface area contributed by atoms with Gasteiger partial charge in [-0.1, -0.05) is 19.1 Å². The maximum absolute atomic E-state index is 14.1. The molecule has 2 aromatic carbocycles. The fourth-order valence-corrected chi connectivity index (χ4v) is 4.33. The molecule has 3 N–H and O–H groups in total. The van der Waals surface area contributed by atoms with Gasteiger partial charge in [-0.05, 0) is 36.1 Å². The number of benzene rings is 2. The minimum Gasteiger partial charge on any atom is -0.505 e. The van der Waals surface area contributed by atoms with E-state index >= 15 is 0 Å². The smallest absolute Gasteiger partial charge is 0.419 e. The molecule has 0 aliphatic heterocycles. The Bertz CT molecular complexity index is 1240. The number of anilines is 1. The molecule has 164 valence electrons. The molecule has 31 heavy (non-hydrogen) atoms. The molecule has 0 spiro atoms. The zero-order valence-corrected chi connectivity index (χ0v) is 16.5. The van der Waals surface area contributed by atoms with Crippen LogP contribution in [0.1, 0.15) is 36.4 Å². The first-order valence-electron chi connectivity index (χ1n) is 9.47. The molecule has 1 unspecified atom stereocenters. The van der Waals surface area contributed by atoms with E-state index in [1.807, 2.05) is 0 Å². The Hall–Kier alpha value is -3.14. The Morgan fingerprint density at radius 2 is 1.94 bits per heavy atom. The Labute approximate surface area is 173 Å². The minimum absolute atomic E-state index is 0.000649. The average Bonchev–Trinajstić information content (AvgIpc) is 2.69. The number of aryl methyl sites for hydroxylation is 1. The normalized spacial score (nSPS) is 23.6. The van der Waals surface area contributed by atoms with Crippen molar-refractivity contribution in [1.29, 1.82) is 0 Å². The molecule has 1 aromatic heterocycles. The van der Waals surface area contributed by atoms with Crippen molar-refractivity contribution >= 4 is 16.5 Å². The van der Waals surface area contributed by atoms with Crippen LogP contribution in [-0.4, -0.2) is 31.8 Å². The summed E-state index contributed by atoms with van der Waals surface area (Å²) in [6.07, 6.45) is -4.48. The molecule has 3 aromatic rings. The SMILES string of the molecule is C[C@@H]1C[C@](O)(C(F)(F)F)C(Nc2cccc3c(=O)n(C)ncc23)c2ccc(F)c(O)c21. The molecule has 0 saturated heterocycles. The number of fused-ring (bicyclic) bond motifs is 2. The topological polar surface area (TPSA) is 87.4 Å². The lowest BCUT2D eigenvalue weighted by Crippen LogP contribution is -2.55. The highest BCUT2D eigenvalue weighted by Gasteiger charge is 2.62. The molecule has 1 aliphatic rings. The summed E-state index contributed by atoms with van der Waals surface area (Å²) < 4.78 is 57.2. The Balaban J connectivity index is 1.94. The summed E-state index contributed by atoms with van der Waals surface area (Å²) in [6.45, 7) is 1.39. The molecule has 1 heterocycles. The second-order valence-corrected chi connectivity index (χ2v) is 7.84. The van der Waals surface area contributed by atoms with Gasteiger partial charge in [-0.3, -0.25) is 4.79 Å². The number of hydrogen-bond donors (Lipinski definition) is 3. The second kappa shape index (κ2) is 6.94. The number of phenolic OH excluding ortho intramolecular Hbond substituents is 1. The molecular weight excluding hydrogens is 418 g/mol. The molecule has 4 rings (SSSR count). The van der Waals surface area contributed by atoms with Crippen molar-refractivity contribution in [2.24, 2.45) is 7.05 Å². The van der Waals surface area contributed by atoms with Crippen LogP contribution in [0.3, 0.4) is 0 Å². The van der Waals surface area contributed by atoms with Gasteiger partial charge in [0.2, 0.25) is 0 Å². The molecule has 0 amide bonds. The van der Waals surface area contributed by atoms with E-state index in [1.54, 1.807) is 0 Å². The summed E-state index contributed by atoms with van der Waals surface area (Å²) in [5.74, 6) is -2.66. The van der Waals surface area contributed by atoms with Crippen LogP contribution in [0.25, 0.3) is 10.8 Å². The summed E-state index contributed by atoms with van der Waals surface area (Å²) in [7, 11) is 1.44. The first-order valence-corrected chi connectivity index (χ1v) is 9.47. The van der Waals surface area contributed by atoms with Gasteiger partial charge < -0.3 is 15.5 Å². The van der Waals surface area contributed by atoms with Gasteiger partial charge in [-0.2, -0.15) is 18.3 Å². The molecule has 0 fully saturated rings. The van der Waals surface area contributed by atoms with E-state index in [0.717, 1.165) is 16.8 Å². The predicted octanol–water partition coefficient (Wildman–Crippen LogP) is 3.73. The number of phenols is 1. The van der Waals surface area contributed by atoms with E-state index in [2.05, 4.69) is 10.4 Å². The molecule has 0 saturated carbocycles. The second-order valence-electron chi connectivity index (χ2n) is 7.84.